The highest BCUT2D eigenvalue weighted by Gasteiger charge is 2.27. The lowest BCUT2D eigenvalue weighted by Crippen LogP contribution is -2.40. The van der Waals surface area contributed by atoms with Crippen molar-refractivity contribution >= 4 is 38.1 Å². The number of aromatic nitrogens is 1. The molecule has 1 amide bonds. The number of carbonyl (C=O) groups excluding carboxylic acids is 1. The number of halogens is 1. The van der Waals surface area contributed by atoms with E-state index in [2.05, 4.69) is 31.0 Å². The highest BCUT2D eigenvalue weighted by Crippen LogP contribution is 2.30. The number of ether oxygens (including phenoxy) is 2. The Morgan fingerprint density at radius 3 is 2.33 bits per heavy atom. The number of amides is 1. The third-order valence-corrected chi connectivity index (χ3v) is 9.12. The van der Waals surface area contributed by atoms with Crippen LogP contribution in [0.15, 0.2) is 93.3 Å². The molecule has 1 heterocycles. The Bertz CT molecular complexity index is 1670. The lowest BCUT2D eigenvalue weighted by Gasteiger charge is -2.22. The predicted octanol–water partition coefficient (Wildman–Crippen LogP) is 5.26. The fourth-order valence-corrected chi connectivity index (χ4v) is 6.26. The third-order valence-electron chi connectivity index (χ3n) is 6.75. The van der Waals surface area contributed by atoms with Gasteiger partial charge in [0.2, 0.25) is 10.0 Å². The number of nitrogens with one attached hydrogen (secondary N) is 1. The maximum Gasteiger partial charge on any atom is 0.255 e. The topological polar surface area (TPSA) is 102 Å². The number of carbonyl (C=O) groups is 1. The zero-order chi connectivity index (χ0) is 30.3. The van der Waals surface area contributed by atoms with E-state index in [1.54, 1.807) is 6.21 Å². The number of sulfonamides is 1. The van der Waals surface area contributed by atoms with Crippen molar-refractivity contribution in [2.45, 2.75) is 25.2 Å². The molecule has 220 valence electrons. The van der Waals surface area contributed by atoms with Crippen LogP contribution in [0.1, 0.15) is 22.5 Å². The number of hydrogen-bond acceptors (Lipinski definition) is 6. The summed E-state index contributed by atoms with van der Waals surface area (Å²) < 4.78 is 42.2. The fourth-order valence-electron chi connectivity index (χ4n) is 4.58. The number of aryl methyl sites for hydroxylation is 1. The summed E-state index contributed by atoms with van der Waals surface area (Å²) in [6, 6.07) is 23.8. The summed E-state index contributed by atoms with van der Waals surface area (Å²) in [6.45, 7) is 3.64. The largest absolute Gasteiger partial charge is 0.493 e. The van der Waals surface area contributed by atoms with E-state index < -0.39 is 22.5 Å². The molecule has 9 nitrogen and oxygen atoms in total. The summed E-state index contributed by atoms with van der Waals surface area (Å²) in [7, 11) is -1.16. The smallest absolute Gasteiger partial charge is 0.255 e. The van der Waals surface area contributed by atoms with Gasteiger partial charge in [-0.3, -0.25) is 4.79 Å². The molecule has 4 aromatic rings. The van der Waals surface area contributed by atoms with E-state index in [1.165, 1.54) is 32.4 Å². The van der Waals surface area contributed by atoms with Crippen LogP contribution in [-0.4, -0.2) is 56.7 Å². The first-order valence-corrected chi connectivity index (χ1v) is 15.4. The van der Waals surface area contributed by atoms with Crippen LogP contribution in [0.3, 0.4) is 0 Å². The van der Waals surface area contributed by atoms with Crippen molar-refractivity contribution in [3.05, 3.63) is 106 Å². The second kappa shape index (κ2) is 13.8. The van der Waals surface area contributed by atoms with E-state index in [0.717, 1.165) is 37.0 Å². The molecule has 0 aliphatic rings. The van der Waals surface area contributed by atoms with Crippen LogP contribution in [0.5, 0.6) is 11.5 Å². The van der Waals surface area contributed by atoms with Crippen LogP contribution in [0.25, 0.3) is 5.69 Å². The Morgan fingerprint density at radius 1 is 0.976 bits per heavy atom. The first kappa shape index (κ1) is 31.0. The van der Waals surface area contributed by atoms with Crippen molar-refractivity contribution in [1.29, 1.82) is 0 Å². The molecule has 0 spiro atoms. The molecule has 0 bridgehead atoms. The average Bonchev–Trinajstić information content (AvgIpc) is 3.27. The predicted molar refractivity (Wildman–Crippen MR) is 167 cm³/mol. The molecule has 0 unspecified atom stereocenters. The molecule has 11 heteroatoms. The molecule has 0 saturated carbocycles. The van der Waals surface area contributed by atoms with Gasteiger partial charge in [-0.25, -0.2) is 13.8 Å². The molecule has 1 aromatic heterocycles. The van der Waals surface area contributed by atoms with Crippen LogP contribution >= 0.6 is 15.9 Å². The molecule has 0 atom stereocenters. The minimum Gasteiger partial charge on any atom is -0.493 e. The first-order valence-electron chi connectivity index (χ1n) is 13.2. The number of nitrogens with zero attached hydrogens (tertiary/aromatic N) is 3. The van der Waals surface area contributed by atoms with Gasteiger partial charge in [0.15, 0.2) is 11.5 Å². The van der Waals surface area contributed by atoms with E-state index in [1.807, 2.05) is 74.5 Å². The number of rotatable bonds is 12. The quantitative estimate of drug-likeness (QED) is 0.166. The highest BCUT2D eigenvalue weighted by atomic mass is 79.9. The van der Waals surface area contributed by atoms with Crippen molar-refractivity contribution in [2.75, 3.05) is 27.3 Å². The Balaban J connectivity index is 1.52. The average molecular weight is 654 g/mol. The zero-order valence-electron chi connectivity index (χ0n) is 23.9. The summed E-state index contributed by atoms with van der Waals surface area (Å²) in [6.07, 6.45) is 1.98. The van der Waals surface area contributed by atoms with Gasteiger partial charge < -0.3 is 14.0 Å². The summed E-state index contributed by atoms with van der Waals surface area (Å²) >= 11 is 3.46. The SMILES string of the molecule is COc1ccc(S(=O)(=O)N(CCc2ccccc2)CC(=O)N/N=C/c2cc(C)n(-c3ccc(Br)cc3)c2C)cc1OC. The van der Waals surface area contributed by atoms with Gasteiger partial charge in [0.05, 0.1) is 31.9 Å². The van der Waals surface area contributed by atoms with E-state index in [0.29, 0.717) is 12.2 Å². The normalized spacial score (nSPS) is 11.7. The van der Waals surface area contributed by atoms with Gasteiger partial charge in [0.1, 0.15) is 0 Å². The fraction of sp³-hybridized carbons (Fsp3) is 0.226. The second-order valence-electron chi connectivity index (χ2n) is 9.52. The van der Waals surface area contributed by atoms with Gasteiger partial charge in [0.25, 0.3) is 5.91 Å². The van der Waals surface area contributed by atoms with Gasteiger partial charge in [-0.1, -0.05) is 46.3 Å². The Kier molecular flexibility index (Phi) is 10.2. The molecule has 0 fully saturated rings. The van der Waals surface area contributed by atoms with Crippen LogP contribution in [-0.2, 0) is 21.2 Å². The number of hydrazone groups is 1. The monoisotopic (exact) mass is 652 g/mol. The van der Waals surface area contributed by atoms with Gasteiger partial charge in [-0.15, -0.1) is 0 Å². The van der Waals surface area contributed by atoms with Crippen molar-refractivity contribution in [1.82, 2.24) is 14.3 Å². The third kappa shape index (κ3) is 7.28. The van der Waals surface area contributed by atoms with E-state index >= 15 is 0 Å². The lowest BCUT2D eigenvalue weighted by molar-refractivity contribution is -0.121. The Hall–Kier alpha value is -3.93. The van der Waals surface area contributed by atoms with Gasteiger partial charge >= 0.3 is 0 Å². The van der Waals surface area contributed by atoms with Crippen LogP contribution in [0, 0.1) is 13.8 Å². The number of methoxy groups -OCH3 is 2. The molecule has 4 rings (SSSR count). The number of benzene rings is 3. The van der Waals surface area contributed by atoms with Crippen molar-refractivity contribution in [3.63, 3.8) is 0 Å². The van der Waals surface area contributed by atoms with Gasteiger partial charge in [0, 0.05) is 39.7 Å². The van der Waals surface area contributed by atoms with Crippen LogP contribution in [0.4, 0.5) is 0 Å². The summed E-state index contributed by atoms with van der Waals surface area (Å²) in [4.78, 5) is 13.0. The summed E-state index contributed by atoms with van der Waals surface area (Å²) in [5.41, 5.74) is 7.24. The first-order chi connectivity index (χ1) is 20.1. The number of hydrogen-bond donors (Lipinski definition) is 1. The van der Waals surface area contributed by atoms with Crippen molar-refractivity contribution in [2.24, 2.45) is 5.10 Å². The summed E-state index contributed by atoms with van der Waals surface area (Å²) in [5.74, 6) is 0.111. The molecule has 0 saturated heterocycles. The minimum absolute atomic E-state index is 0.00936. The molecule has 1 N–H and O–H groups in total. The molecule has 42 heavy (non-hydrogen) atoms. The molecule has 0 aliphatic heterocycles. The van der Waals surface area contributed by atoms with E-state index in [9.17, 15) is 13.2 Å². The molecule has 3 aromatic carbocycles. The van der Waals surface area contributed by atoms with Crippen LogP contribution < -0.4 is 14.9 Å². The van der Waals surface area contributed by atoms with E-state index in [4.69, 9.17) is 9.47 Å². The highest BCUT2D eigenvalue weighted by molar-refractivity contribution is 9.10. The summed E-state index contributed by atoms with van der Waals surface area (Å²) in [5, 5.41) is 4.14. The zero-order valence-corrected chi connectivity index (χ0v) is 26.3. The van der Waals surface area contributed by atoms with Crippen molar-refractivity contribution in [3.8, 4) is 17.2 Å². The Labute approximate surface area is 254 Å². The van der Waals surface area contributed by atoms with Crippen LogP contribution in [0.2, 0.25) is 0 Å². The van der Waals surface area contributed by atoms with E-state index in [-0.39, 0.29) is 17.2 Å². The van der Waals surface area contributed by atoms with Crippen molar-refractivity contribution < 1.29 is 22.7 Å². The maximum absolute atomic E-state index is 13.7. The molecule has 0 radical (unpaired) electrons. The lowest BCUT2D eigenvalue weighted by atomic mass is 10.1. The second-order valence-corrected chi connectivity index (χ2v) is 12.4. The minimum atomic E-state index is -4.07. The molecular weight excluding hydrogens is 620 g/mol. The van der Waals surface area contributed by atoms with Gasteiger partial charge in [-0.2, -0.15) is 9.41 Å². The maximum atomic E-state index is 13.7. The molecule has 0 aliphatic carbocycles. The molecular formula is C31H33BrN4O5S. The Morgan fingerprint density at radius 2 is 1.67 bits per heavy atom. The van der Waals surface area contributed by atoms with Gasteiger partial charge in [-0.05, 0) is 68.3 Å². The standard InChI is InChI=1S/C31H33BrN4O5S/c1-22-18-25(23(2)36(22)27-12-10-26(32)11-13-27)20-33-34-31(37)21-35(17-16-24-8-6-5-7-9-24)42(38,39)28-14-15-29(40-3)30(19-28)41-4/h5-15,18-20H,16-17,21H2,1-4H3,(H,34,37)/b33-20+.